The molecule has 0 unspecified atom stereocenters. The van der Waals surface area contributed by atoms with Crippen LogP contribution in [0.4, 0.5) is 10.5 Å². The van der Waals surface area contributed by atoms with Crippen molar-refractivity contribution in [1.29, 1.82) is 0 Å². The van der Waals surface area contributed by atoms with E-state index in [1.807, 2.05) is 23.6 Å². The fourth-order valence-corrected chi connectivity index (χ4v) is 2.55. The molecule has 0 bridgehead atoms. The van der Waals surface area contributed by atoms with E-state index in [4.69, 9.17) is 15.3 Å². The fourth-order valence-electron chi connectivity index (χ4n) is 2.55. The largest absolute Gasteiger partial charge is 0.347 e. The number of nitrogens with two attached hydrogens (primary N) is 1. The molecule has 1 heterocycles. The lowest BCUT2D eigenvalue weighted by molar-refractivity contribution is -0.147. The molecule has 6 heteroatoms. The van der Waals surface area contributed by atoms with Crippen molar-refractivity contribution in [3.63, 3.8) is 0 Å². The number of benzene rings is 1. The van der Waals surface area contributed by atoms with Crippen molar-refractivity contribution in [2.45, 2.75) is 18.6 Å². The Morgan fingerprint density at radius 2 is 1.94 bits per heavy atom. The summed E-state index contributed by atoms with van der Waals surface area (Å²) in [6.07, 6.45) is 1.49. The summed E-state index contributed by atoms with van der Waals surface area (Å²) in [6, 6.07) is 5.34. The maximum atomic E-state index is 11.1. The van der Waals surface area contributed by atoms with Gasteiger partial charge in [-0.3, -0.25) is 5.43 Å². The van der Waals surface area contributed by atoms with Crippen molar-refractivity contribution >= 4 is 11.7 Å². The van der Waals surface area contributed by atoms with E-state index < -0.39 is 11.8 Å². The zero-order chi connectivity index (χ0) is 12.6. The number of anilines is 1. The topological polar surface area (TPSA) is 85.6 Å². The van der Waals surface area contributed by atoms with Crippen molar-refractivity contribution in [3.8, 4) is 0 Å². The van der Waals surface area contributed by atoms with Crippen LogP contribution in [0.1, 0.15) is 11.1 Å². The Morgan fingerprint density at radius 3 is 2.67 bits per heavy atom. The number of hydrogen-bond acceptors (Lipinski definition) is 4. The monoisotopic (exact) mass is 249 g/mol. The summed E-state index contributed by atoms with van der Waals surface area (Å²) in [6.45, 7) is 1.29. The molecule has 1 aromatic rings. The summed E-state index contributed by atoms with van der Waals surface area (Å²) in [5.74, 6) is 4.55. The minimum absolute atomic E-state index is 0.434. The molecular weight excluding hydrogens is 234 g/mol. The fraction of sp³-hybridized carbons (Fsp3) is 0.417. The van der Waals surface area contributed by atoms with E-state index in [2.05, 4.69) is 5.32 Å². The predicted molar refractivity (Wildman–Crippen MR) is 64.8 cm³/mol. The quantitative estimate of drug-likeness (QED) is 0.385. The lowest BCUT2D eigenvalue weighted by Crippen LogP contribution is -2.34. The van der Waals surface area contributed by atoms with E-state index in [9.17, 15) is 4.79 Å². The maximum absolute atomic E-state index is 11.1. The van der Waals surface area contributed by atoms with Gasteiger partial charge in [0, 0.05) is 18.5 Å². The molecule has 1 spiro atoms. The van der Waals surface area contributed by atoms with Crippen LogP contribution >= 0.6 is 0 Å². The van der Waals surface area contributed by atoms with E-state index in [-0.39, 0.29) is 0 Å². The first kappa shape index (κ1) is 11.5. The Kier molecular flexibility index (Phi) is 2.70. The van der Waals surface area contributed by atoms with E-state index in [0.29, 0.717) is 18.9 Å². The molecule has 1 fully saturated rings. The molecule has 0 atom stereocenters. The second-order valence-electron chi connectivity index (χ2n) is 4.54. The van der Waals surface area contributed by atoms with Crippen molar-refractivity contribution in [2.75, 3.05) is 18.5 Å². The second kappa shape index (κ2) is 4.24. The van der Waals surface area contributed by atoms with Gasteiger partial charge in [0.15, 0.2) is 5.79 Å². The molecule has 1 saturated heterocycles. The summed E-state index contributed by atoms with van der Waals surface area (Å²) >= 11 is 0. The van der Waals surface area contributed by atoms with Crippen LogP contribution in [0.5, 0.6) is 0 Å². The Morgan fingerprint density at radius 1 is 1.22 bits per heavy atom. The molecule has 1 aromatic carbocycles. The minimum Gasteiger partial charge on any atom is -0.347 e. The number of carbonyl (C=O) groups is 1. The first-order valence-corrected chi connectivity index (χ1v) is 5.88. The van der Waals surface area contributed by atoms with E-state index >= 15 is 0 Å². The standard InChI is InChI=1S/C12H15N3O3/c13-15-11(16)14-10-2-1-8-6-12(7-9(8)5-10)17-3-4-18-12/h1-2,5H,3-4,6-7,13H2,(H2,14,15,16). The highest BCUT2D eigenvalue weighted by Gasteiger charge is 2.42. The lowest BCUT2D eigenvalue weighted by atomic mass is 10.1. The number of fused-ring (bicyclic) bond motifs is 1. The first-order valence-electron chi connectivity index (χ1n) is 5.88. The highest BCUT2D eigenvalue weighted by molar-refractivity contribution is 5.88. The molecule has 0 radical (unpaired) electrons. The van der Waals surface area contributed by atoms with Crippen LogP contribution < -0.4 is 16.6 Å². The van der Waals surface area contributed by atoms with Crippen LogP contribution in [0.25, 0.3) is 0 Å². The molecule has 4 N–H and O–H groups in total. The van der Waals surface area contributed by atoms with E-state index in [0.717, 1.165) is 18.4 Å². The Balaban J connectivity index is 1.80. The molecule has 96 valence electrons. The Labute approximate surface area is 104 Å². The summed E-state index contributed by atoms with van der Waals surface area (Å²) in [5.41, 5.74) is 5.09. The maximum Gasteiger partial charge on any atom is 0.333 e. The number of urea groups is 1. The van der Waals surface area contributed by atoms with Gasteiger partial charge >= 0.3 is 6.03 Å². The smallest absolute Gasteiger partial charge is 0.333 e. The van der Waals surface area contributed by atoms with Crippen molar-refractivity contribution in [2.24, 2.45) is 5.84 Å². The molecule has 18 heavy (non-hydrogen) atoms. The van der Waals surface area contributed by atoms with Gasteiger partial charge in [-0.25, -0.2) is 10.6 Å². The van der Waals surface area contributed by atoms with Crippen LogP contribution in [0.15, 0.2) is 18.2 Å². The van der Waals surface area contributed by atoms with Crippen LogP contribution in [-0.2, 0) is 22.3 Å². The van der Waals surface area contributed by atoms with Gasteiger partial charge in [0.1, 0.15) is 0 Å². The van der Waals surface area contributed by atoms with Crippen molar-refractivity contribution in [3.05, 3.63) is 29.3 Å². The van der Waals surface area contributed by atoms with Gasteiger partial charge in [0.05, 0.1) is 13.2 Å². The van der Waals surface area contributed by atoms with Crippen molar-refractivity contribution in [1.82, 2.24) is 5.43 Å². The highest BCUT2D eigenvalue weighted by atomic mass is 16.7. The summed E-state index contributed by atoms with van der Waals surface area (Å²) < 4.78 is 11.4. The average Bonchev–Trinajstić information content (AvgIpc) is 2.95. The normalized spacial score (nSPS) is 19.8. The molecular formula is C12H15N3O3. The second-order valence-corrected chi connectivity index (χ2v) is 4.54. The zero-order valence-corrected chi connectivity index (χ0v) is 9.86. The molecule has 2 aliphatic rings. The molecule has 0 aromatic heterocycles. The summed E-state index contributed by atoms with van der Waals surface area (Å²) in [5, 5.41) is 2.64. The Hall–Kier alpha value is -1.63. The third-order valence-electron chi connectivity index (χ3n) is 3.33. The number of hydrogen-bond donors (Lipinski definition) is 3. The number of nitrogens with one attached hydrogen (secondary N) is 2. The third kappa shape index (κ3) is 1.94. The summed E-state index contributed by atoms with van der Waals surface area (Å²) in [4.78, 5) is 11.1. The average molecular weight is 249 g/mol. The van der Waals surface area contributed by atoms with Crippen molar-refractivity contribution < 1.29 is 14.3 Å². The van der Waals surface area contributed by atoms with Crippen LogP contribution in [0.2, 0.25) is 0 Å². The number of amides is 2. The number of hydrazine groups is 1. The molecule has 1 aliphatic carbocycles. The zero-order valence-electron chi connectivity index (χ0n) is 9.86. The third-order valence-corrected chi connectivity index (χ3v) is 3.33. The highest BCUT2D eigenvalue weighted by Crippen LogP contribution is 2.37. The van der Waals surface area contributed by atoms with Gasteiger partial charge in [-0.05, 0) is 23.3 Å². The molecule has 0 saturated carbocycles. The number of rotatable bonds is 1. The van der Waals surface area contributed by atoms with E-state index in [1.54, 1.807) is 0 Å². The minimum atomic E-state index is -0.475. The first-order chi connectivity index (χ1) is 8.71. The molecule has 6 nitrogen and oxygen atoms in total. The van der Waals surface area contributed by atoms with Gasteiger partial charge in [0.25, 0.3) is 0 Å². The summed E-state index contributed by atoms with van der Waals surface area (Å²) in [7, 11) is 0. The van der Waals surface area contributed by atoms with Crippen LogP contribution in [0, 0.1) is 0 Å². The van der Waals surface area contributed by atoms with Gasteiger partial charge < -0.3 is 14.8 Å². The molecule has 3 rings (SSSR count). The van der Waals surface area contributed by atoms with Crippen LogP contribution in [-0.4, -0.2) is 25.0 Å². The van der Waals surface area contributed by atoms with Gasteiger partial charge in [-0.2, -0.15) is 0 Å². The molecule has 1 aliphatic heterocycles. The number of ether oxygens (including phenoxy) is 2. The van der Waals surface area contributed by atoms with Gasteiger partial charge in [0.2, 0.25) is 0 Å². The molecule has 2 amide bonds. The SMILES string of the molecule is NNC(=O)Nc1ccc2c(c1)CC1(C2)OCCO1. The van der Waals surface area contributed by atoms with Gasteiger partial charge in [-0.1, -0.05) is 6.07 Å². The van der Waals surface area contributed by atoms with Gasteiger partial charge in [-0.15, -0.1) is 0 Å². The number of carbonyl (C=O) groups excluding carboxylic acids is 1. The predicted octanol–water partition coefficient (Wildman–Crippen LogP) is 0.523. The van der Waals surface area contributed by atoms with Crippen LogP contribution in [0.3, 0.4) is 0 Å². The Bertz CT molecular complexity index is 483. The van der Waals surface area contributed by atoms with E-state index in [1.165, 1.54) is 5.56 Å². The lowest BCUT2D eigenvalue weighted by Gasteiger charge is -2.20.